The summed E-state index contributed by atoms with van der Waals surface area (Å²) < 4.78 is 0. The number of hydrogen-bond acceptors (Lipinski definition) is 1. The van der Waals surface area contributed by atoms with Crippen molar-refractivity contribution in [2.24, 2.45) is 0 Å². The molecule has 0 saturated heterocycles. The minimum absolute atomic E-state index is 0.508. The van der Waals surface area contributed by atoms with Crippen molar-refractivity contribution in [3.63, 3.8) is 0 Å². The van der Waals surface area contributed by atoms with Gasteiger partial charge < -0.3 is 4.90 Å². The predicted octanol–water partition coefficient (Wildman–Crippen LogP) is 5.33. The van der Waals surface area contributed by atoms with Crippen molar-refractivity contribution >= 4 is 23.2 Å². The van der Waals surface area contributed by atoms with Gasteiger partial charge in [0.15, 0.2) is 0 Å². The summed E-state index contributed by atoms with van der Waals surface area (Å²) in [5.41, 5.74) is 4.19. The van der Waals surface area contributed by atoms with E-state index in [9.17, 15) is 0 Å². The van der Waals surface area contributed by atoms with Crippen molar-refractivity contribution in [1.82, 2.24) is 4.90 Å². The summed E-state index contributed by atoms with van der Waals surface area (Å²) in [5, 5.41) is 1.27. The Morgan fingerprint density at radius 2 is 1.71 bits per heavy atom. The zero-order valence-corrected chi connectivity index (χ0v) is 13.8. The first-order valence-electron chi connectivity index (χ1n) is 7.25. The molecular formula is C18H19Cl2N. The van der Waals surface area contributed by atoms with Crippen LogP contribution in [0.3, 0.4) is 0 Å². The number of halogens is 2. The first-order chi connectivity index (χ1) is 10.1. The Labute approximate surface area is 136 Å². The topological polar surface area (TPSA) is 3.24 Å². The van der Waals surface area contributed by atoms with Crippen LogP contribution in [0, 0.1) is 0 Å². The fraction of sp³-hybridized carbons (Fsp3) is 0.333. The molecule has 1 nitrogen and oxygen atoms in total. The monoisotopic (exact) mass is 319 g/mol. The van der Waals surface area contributed by atoms with Gasteiger partial charge in [0.1, 0.15) is 0 Å². The first-order valence-corrected chi connectivity index (χ1v) is 8.01. The molecule has 0 N–H and O–H groups in total. The Morgan fingerprint density at radius 3 is 2.38 bits per heavy atom. The third kappa shape index (κ3) is 2.96. The summed E-state index contributed by atoms with van der Waals surface area (Å²) in [6.45, 7) is 0. The van der Waals surface area contributed by atoms with E-state index in [1.54, 1.807) is 0 Å². The maximum Gasteiger partial charge on any atom is 0.0595 e. The average Bonchev–Trinajstić information content (AvgIpc) is 2.82. The fourth-order valence-corrected chi connectivity index (χ4v) is 3.66. The van der Waals surface area contributed by atoms with Gasteiger partial charge in [-0.1, -0.05) is 53.5 Å². The van der Waals surface area contributed by atoms with E-state index in [0.717, 1.165) is 12.8 Å². The molecule has 110 valence electrons. The van der Waals surface area contributed by atoms with E-state index in [1.807, 2.05) is 12.1 Å². The van der Waals surface area contributed by atoms with Gasteiger partial charge in [0, 0.05) is 6.04 Å². The highest BCUT2D eigenvalue weighted by Gasteiger charge is 2.31. The van der Waals surface area contributed by atoms with E-state index in [-0.39, 0.29) is 0 Å². The molecule has 0 saturated carbocycles. The molecule has 3 rings (SSSR count). The number of benzene rings is 2. The number of hydrogen-bond donors (Lipinski definition) is 0. The average molecular weight is 320 g/mol. The summed E-state index contributed by atoms with van der Waals surface area (Å²) >= 11 is 12.1. The Kier molecular flexibility index (Phi) is 4.26. The smallest absolute Gasteiger partial charge is 0.0595 e. The largest absolute Gasteiger partial charge is 0.302 e. The molecular weight excluding hydrogens is 301 g/mol. The Hall–Kier alpha value is -1.02. The highest BCUT2D eigenvalue weighted by atomic mass is 35.5. The van der Waals surface area contributed by atoms with Crippen LogP contribution in [0.1, 0.15) is 35.1 Å². The van der Waals surface area contributed by atoms with Gasteiger partial charge in [-0.15, -0.1) is 0 Å². The molecule has 1 aliphatic carbocycles. The van der Waals surface area contributed by atoms with Crippen LogP contribution in [0.4, 0.5) is 0 Å². The minimum Gasteiger partial charge on any atom is -0.302 e. The SMILES string of the molecule is CN(C)[C@H]1C[C@@H](Cc2ccc(Cl)c(Cl)c2)c2ccccc21. The molecule has 2 aromatic carbocycles. The zero-order chi connectivity index (χ0) is 15.0. The van der Waals surface area contributed by atoms with Crippen LogP contribution in [0.25, 0.3) is 0 Å². The van der Waals surface area contributed by atoms with Crippen LogP contribution in [-0.2, 0) is 6.42 Å². The van der Waals surface area contributed by atoms with Crippen LogP contribution in [0.2, 0.25) is 10.0 Å². The lowest BCUT2D eigenvalue weighted by atomic mass is 9.93. The first kappa shape index (κ1) is 14.9. The molecule has 2 aromatic rings. The van der Waals surface area contributed by atoms with Crippen LogP contribution in [0.15, 0.2) is 42.5 Å². The number of fused-ring (bicyclic) bond motifs is 1. The highest BCUT2D eigenvalue weighted by molar-refractivity contribution is 6.42. The molecule has 0 amide bonds. The van der Waals surface area contributed by atoms with Crippen LogP contribution >= 0.6 is 23.2 Å². The van der Waals surface area contributed by atoms with Crippen LogP contribution < -0.4 is 0 Å². The Bertz CT molecular complexity index is 651. The van der Waals surface area contributed by atoms with Crippen LogP contribution in [0.5, 0.6) is 0 Å². The fourth-order valence-electron chi connectivity index (χ4n) is 3.34. The normalized spacial score (nSPS) is 20.8. The van der Waals surface area contributed by atoms with Gasteiger partial charge in [-0.25, -0.2) is 0 Å². The number of nitrogens with zero attached hydrogens (tertiary/aromatic N) is 1. The molecule has 0 aromatic heterocycles. The maximum absolute atomic E-state index is 6.14. The summed E-state index contributed by atoms with van der Waals surface area (Å²) in [5.74, 6) is 0.547. The van der Waals surface area contributed by atoms with E-state index in [4.69, 9.17) is 23.2 Å². The molecule has 0 bridgehead atoms. The standard InChI is InChI=1S/C18H19Cl2N/c1-21(2)18-11-13(14-5-3-4-6-15(14)18)9-12-7-8-16(19)17(20)10-12/h3-8,10,13,18H,9,11H2,1-2H3/t13-,18+/m1/s1. The number of rotatable bonds is 3. The lowest BCUT2D eigenvalue weighted by Gasteiger charge is -2.20. The van der Waals surface area contributed by atoms with E-state index < -0.39 is 0 Å². The molecule has 0 unspecified atom stereocenters. The Balaban J connectivity index is 1.88. The molecule has 0 radical (unpaired) electrons. The third-order valence-corrected chi connectivity index (χ3v) is 5.13. The summed E-state index contributed by atoms with van der Waals surface area (Å²) in [6, 6.07) is 15.3. The quantitative estimate of drug-likeness (QED) is 0.739. The van der Waals surface area contributed by atoms with Crippen LogP contribution in [-0.4, -0.2) is 19.0 Å². The zero-order valence-electron chi connectivity index (χ0n) is 12.3. The van der Waals surface area contributed by atoms with Crippen molar-refractivity contribution < 1.29 is 0 Å². The van der Waals surface area contributed by atoms with Gasteiger partial charge in [-0.3, -0.25) is 0 Å². The second-order valence-corrected chi connectivity index (χ2v) is 6.81. The van der Waals surface area contributed by atoms with Gasteiger partial charge in [0.25, 0.3) is 0 Å². The third-order valence-electron chi connectivity index (χ3n) is 4.39. The lowest BCUT2D eigenvalue weighted by molar-refractivity contribution is 0.288. The second kappa shape index (κ2) is 6.00. The molecule has 0 heterocycles. The molecule has 1 aliphatic rings. The second-order valence-electron chi connectivity index (χ2n) is 5.99. The molecule has 3 heteroatoms. The van der Waals surface area contributed by atoms with Crippen molar-refractivity contribution in [2.45, 2.75) is 24.8 Å². The van der Waals surface area contributed by atoms with E-state index in [1.165, 1.54) is 16.7 Å². The molecule has 0 fully saturated rings. The lowest BCUT2D eigenvalue weighted by Crippen LogP contribution is -2.17. The van der Waals surface area contributed by atoms with E-state index >= 15 is 0 Å². The van der Waals surface area contributed by atoms with E-state index in [2.05, 4.69) is 49.3 Å². The molecule has 0 spiro atoms. The maximum atomic E-state index is 6.14. The van der Waals surface area contributed by atoms with Gasteiger partial charge in [0.05, 0.1) is 10.0 Å². The minimum atomic E-state index is 0.508. The summed E-state index contributed by atoms with van der Waals surface area (Å²) in [4.78, 5) is 2.31. The predicted molar refractivity (Wildman–Crippen MR) is 90.4 cm³/mol. The molecule has 2 atom stereocenters. The Morgan fingerprint density at radius 1 is 1.00 bits per heavy atom. The van der Waals surface area contributed by atoms with Crippen molar-refractivity contribution in [3.05, 3.63) is 69.2 Å². The van der Waals surface area contributed by atoms with E-state index in [0.29, 0.717) is 22.0 Å². The highest BCUT2D eigenvalue weighted by Crippen LogP contribution is 2.44. The van der Waals surface area contributed by atoms with Crippen molar-refractivity contribution in [2.75, 3.05) is 14.1 Å². The van der Waals surface area contributed by atoms with Gasteiger partial charge in [-0.05, 0) is 61.7 Å². The molecule has 0 aliphatic heterocycles. The molecule has 21 heavy (non-hydrogen) atoms. The van der Waals surface area contributed by atoms with Gasteiger partial charge in [-0.2, -0.15) is 0 Å². The van der Waals surface area contributed by atoms with Crippen molar-refractivity contribution in [1.29, 1.82) is 0 Å². The summed E-state index contributed by atoms with van der Waals surface area (Å²) in [6.07, 6.45) is 2.17. The van der Waals surface area contributed by atoms with Crippen molar-refractivity contribution in [3.8, 4) is 0 Å². The summed E-state index contributed by atoms with van der Waals surface area (Å²) in [7, 11) is 4.31. The van der Waals surface area contributed by atoms with Gasteiger partial charge in [0.2, 0.25) is 0 Å². The van der Waals surface area contributed by atoms with Gasteiger partial charge >= 0.3 is 0 Å².